The van der Waals surface area contributed by atoms with Gasteiger partial charge in [0.1, 0.15) is 5.65 Å². The van der Waals surface area contributed by atoms with Gasteiger partial charge in [0.25, 0.3) is 0 Å². The Morgan fingerprint density at radius 1 is 1.24 bits per heavy atom. The Morgan fingerprint density at radius 3 is 2.52 bits per heavy atom. The average molecular weight is 339 g/mol. The van der Waals surface area contributed by atoms with E-state index < -0.39 is 0 Å². The van der Waals surface area contributed by atoms with Crippen LogP contribution in [0.3, 0.4) is 0 Å². The maximum absolute atomic E-state index is 11.4. The van der Waals surface area contributed by atoms with Gasteiger partial charge in [0.05, 0.1) is 18.4 Å². The van der Waals surface area contributed by atoms with Crippen LogP contribution in [-0.2, 0) is 17.7 Å². The van der Waals surface area contributed by atoms with Crippen molar-refractivity contribution < 1.29 is 9.53 Å². The summed E-state index contributed by atoms with van der Waals surface area (Å²) in [6.45, 7) is 4.95. The Hall–Kier alpha value is -2.66. The summed E-state index contributed by atoms with van der Waals surface area (Å²) in [5, 5.41) is 0. The van der Waals surface area contributed by atoms with Gasteiger partial charge in [-0.25, -0.2) is 9.78 Å². The van der Waals surface area contributed by atoms with Crippen LogP contribution in [0.25, 0.3) is 5.65 Å². The zero-order valence-corrected chi connectivity index (χ0v) is 15.0. The molecule has 0 aliphatic carbocycles. The molecule has 132 valence electrons. The van der Waals surface area contributed by atoms with Gasteiger partial charge < -0.3 is 14.9 Å². The van der Waals surface area contributed by atoms with Gasteiger partial charge in [0.2, 0.25) is 0 Å². The molecule has 2 aromatic heterocycles. The highest BCUT2D eigenvalue weighted by molar-refractivity contribution is 5.90. The van der Waals surface area contributed by atoms with Crippen molar-refractivity contribution in [3.63, 3.8) is 0 Å². The van der Waals surface area contributed by atoms with Crippen molar-refractivity contribution >= 4 is 11.6 Å². The number of methoxy groups -OCH3 is 1. The molecule has 0 saturated heterocycles. The number of rotatable bonds is 4. The predicted octanol–water partition coefficient (Wildman–Crippen LogP) is 3.46. The third-order valence-corrected chi connectivity index (χ3v) is 3.63. The topological polar surface area (TPSA) is 69.6 Å². The lowest BCUT2D eigenvalue weighted by Gasteiger charge is -1.98. The molecule has 3 rings (SSSR count). The Labute approximate surface area is 148 Å². The highest BCUT2D eigenvalue weighted by Crippen LogP contribution is 2.12. The summed E-state index contributed by atoms with van der Waals surface area (Å²) in [5.41, 5.74) is 8.89. The van der Waals surface area contributed by atoms with E-state index in [-0.39, 0.29) is 5.97 Å². The molecule has 0 radical (unpaired) electrons. The zero-order valence-electron chi connectivity index (χ0n) is 15.0. The molecule has 0 bridgehead atoms. The van der Waals surface area contributed by atoms with Crippen LogP contribution < -0.4 is 5.73 Å². The molecule has 1 aromatic carbocycles. The number of carbonyl (C=O) groups excluding carboxylic acids is 1. The SMILES string of the molecule is COC(=O)c1ccn2cc(CC(C)C)nc2c1.NCc1ccccc1. The van der Waals surface area contributed by atoms with Gasteiger partial charge in [-0.15, -0.1) is 0 Å². The van der Waals surface area contributed by atoms with Crippen molar-refractivity contribution in [2.45, 2.75) is 26.8 Å². The van der Waals surface area contributed by atoms with Gasteiger partial charge >= 0.3 is 5.97 Å². The van der Waals surface area contributed by atoms with Crippen LogP contribution in [0.15, 0.2) is 54.9 Å². The molecule has 0 spiro atoms. The third kappa shape index (κ3) is 5.43. The normalized spacial score (nSPS) is 10.4. The monoisotopic (exact) mass is 339 g/mol. The molecule has 0 aliphatic heterocycles. The van der Waals surface area contributed by atoms with Crippen molar-refractivity contribution in [3.05, 3.63) is 71.7 Å². The van der Waals surface area contributed by atoms with Gasteiger partial charge in [-0.3, -0.25) is 0 Å². The molecule has 0 atom stereocenters. The van der Waals surface area contributed by atoms with Crippen LogP contribution in [0, 0.1) is 5.92 Å². The highest BCUT2D eigenvalue weighted by atomic mass is 16.5. The third-order valence-electron chi connectivity index (χ3n) is 3.63. The molecular formula is C20H25N3O2. The largest absolute Gasteiger partial charge is 0.465 e. The second kappa shape index (κ2) is 8.99. The van der Waals surface area contributed by atoms with E-state index in [1.807, 2.05) is 47.1 Å². The lowest BCUT2D eigenvalue weighted by Crippen LogP contribution is -2.01. The second-order valence-electron chi connectivity index (χ2n) is 6.19. The summed E-state index contributed by atoms with van der Waals surface area (Å²) in [7, 11) is 1.38. The van der Waals surface area contributed by atoms with Crippen molar-refractivity contribution in [3.8, 4) is 0 Å². The van der Waals surface area contributed by atoms with Crippen molar-refractivity contribution in [1.29, 1.82) is 0 Å². The van der Waals surface area contributed by atoms with Gasteiger partial charge in [-0.2, -0.15) is 0 Å². The fourth-order valence-corrected chi connectivity index (χ4v) is 2.41. The molecule has 0 aliphatic rings. The van der Waals surface area contributed by atoms with E-state index in [1.54, 1.807) is 12.1 Å². The second-order valence-corrected chi connectivity index (χ2v) is 6.19. The Balaban J connectivity index is 0.000000236. The summed E-state index contributed by atoms with van der Waals surface area (Å²) in [5.74, 6) is 0.237. The molecule has 5 heteroatoms. The van der Waals surface area contributed by atoms with Crippen LogP contribution in [0.1, 0.15) is 35.5 Å². The maximum atomic E-state index is 11.4. The van der Waals surface area contributed by atoms with Crippen LogP contribution >= 0.6 is 0 Å². The summed E-state index contributed by atoms with van der Waals surface area (Å²) in [4.78, 5) is 15.9. The van der Waals surface area contributed by atoms with Crippen LogP contribution in [0.2, 0.25) is 0 Å². The molecule has 3 aromatic rings. The maximum Gasteiger partial charge on any atom is 0.338 e. The minimum atomic E-state index is -0.332. The van der Waals surface area contributed by atoms with E-state index in [9.17, 15) is 4.79 Å². The standard InChI is InChI=1S/C13H16N2O2.C7H9N/c1-9(2)6-11-8-15-5-4-10(13(16)17-3)7-12(15)14-11;8-6-7-4-2-1-3-5-7/h4-5,7-9H,6H2,1-3H3;1-5H,6,8H2. The van der Waals surface area contributed by atoms with E-state index in [4.69, 9.17) is 5.73 Å². The summed E-state index contributed by atoms with van der Waals surface area (Å²) in [6.07, 6.45) is 4.77. The first-order chi connectivity index (χ1) is 12.0. The lowest BCUT2D eigenvalue weighted by atomic mass is 10.1. The number of fused-ring (bicyclic) bond motifs is 1. The number of hydrogen-bond acceptors (Lipinski definition) is 4. The minimum Gasteiger partial charge on any atom is -0.465 e. The Bertz CT molecular complexity index is 810. The number of aromatic nitrogens is 2. The molecule has 5 nitrogen and oxygen atoms in total. The number of pyridine rings is 1. The Morgan fingerprint density at radius 2 is 1.96 bits per heavy atom. The number of ether oxygens (including phenoxy) is 1. The first-order valence-corrected chi connectivity index (χ1v) is 8.33. The number of esters is 1. The molecule has 25 heavy (non-hydrogen) atoms. The minimum absolute atomic E-state index is 0.332. The van der Waals surface area contributed by atoms with Crippen LogP contribution in [0.4, 0.5) is 0 Å². The lowest BCUT2D eigenvalue weighted by molar-refractivity contribution is 0.0600. The number of benzene rings is 1. The molecule has 0 unspecified atom stereocenters. The number of imidazole rings is 1. The van der Waals surface area contributed by atoms with Gasteiger partial charge in [0.15, 0.2) is 0 Å². The van der Waals surface area contributed by atoms with E-state index in [0.717, 1.165) is 17.8 Å². The molecule has 0 saturated carbocycles. The zero-order chi connectivity index (χ0) is 18.2. The van der Waals surface area contributed by atoms with Gasteiger partial charge in [-0.1, -0.05) is 44.2 Å². The summed E-state index contributed by atoms with van der Waals surface area (Å²) >= 11 is 0. The van der Waals surface area contributed by atoms with Crippen LogP contribution in [-0.4, -0.2) is 22.5 Å². The first kappa shape index (κ1) is 18.7. The molecule has 2 heterocycles. The van der Waals surface area contributed by atoms with Crippen molar-refractivity contribution in [2.75, 3.05) is 7.11 Å². The quantitative estimate of drug-likeness (QED) is 0.739. The van der Waals surface area contributed by atoms with E-state index >= 15 is 0 Å². The van der Waals surface area contributed by atoms with Crippen molar-refractivity contribution in [2.24, 2.45) is 11.7 Å². The molecular weight excluding hydrogens is 314 g/mol. The van der Waals surface area contributed by atoms with E-state index in [1.165, 1.54) is 12.7 Å². The molecule has 0 fully saturated rings. The predicted molar refractivity (Wildman–Crippen MR) is 99.4 cm³/mol. The van der Waals surface area contributed by atoms with Gasteiger partial charge in [-0.05, 0) is 30.0 Å². The average Bonchev–Trinajstić information content (AvgIpc) is 3.02. The fourth-order valence-electron chi connectivity index (χ4n) is 2.41. The van der Waals surface area contributed by atoms with Crippen molar-refractivity contribution in [1.82, 2.24) is 9.38 Å². The summed E-state index contributed by atoms with van der Waals surface area (Å²) in [6, 6.07) is 13.5. The van der Waals surface area contributed by atoms with Gasteiger partial charge in [0, 0.05) is 18.9 Å². The number of nitrogens with two attached hydrogens (primary N) is 1. The number of carbonyl (C=O) groups is 1. The smallest absolute Gasteiger partial charge is 0.338 e. The van der Waals surface area contributed by atoms with E-state index in [0.29, 0.717) is 18.0 Å². The summed E-state index contributed by atoms with van der Waals surface area (Å²) < 4.78 is 6.60. The fraction of sp³-hybridized carbons (Fsp3) is 0.300. The van der Waals surface area contributed by atoms with Crippen LogP contribution in [0.5, 0.6) is 0 Å². The molecule has 2 N–H and O–H groups in total. The number of nitrogens with zero attached hydrogens (tertiary/aromatic N) is 2. The first-order valence-electron chi connectivity index (χ1n) is 8.33. The highest BCUT2D eigenvalue weighted by Gasteiger charge is 2.08. The molecule has 0 amide bonds. The van der Waals surface area contributed by atoms with E-state index in [2.05, 4.69) is 23.6 Å². The number of hydrogen-bond donors (Lipinski definition) is 1. The Kier molecular flexibility index (Phi) is 6.71.